The van der Waals surface area contributed by atoms with Crippen molar-refractivity contribution in [2.24, 2.45) is 5.92 Å². The van der Waals surface area contributed by atoms with Gasteiger partial charge < -0.3 is 19.6 Å². The molecule has 0 bridgehead atoms. The standard InChI is InChI=1S/C22H21NO5S2/c1-11-4-6-12(7-5-11)16-17(21(24)25)18(29-20-19(16)30-22(26)23-20)13-8-9-14(27-2)15(10-13)28-3/h4-10,16-18H,1-3H3,(H,23,26)(H,24,25)/t16-,17+,18-/m1/s1. The topological polar surface area (TPSA) is 88.6 Å². The number of hydrogen-bond donors (Lipinski definition) is 2. The van der Waals surface area contributed by atoms with Crippen molar-refractivity contribution in [1.82, 2.24) is 4.98 Å². The van der Waals surface area contributed by atoms with Crippen LogP contribution in [0.2, 0.25) is 0 Å². The molecule has 3 aromatic rings. The number of rotatable bonds is 5. The minimum atomic E-state index is -0.903. The summed E-state index contributed by atoms with van der Waals surface area (Å²) >= 11 is 2.47. The molecular weight excluding hydrogens is 422 g/mol. The highest BCUT2D eigenvalue weighted by molar-refractivity contribution is 7.99. The second kappa shape index (κ2) is 8.20. The number of thioether (sulfide) groups is 1. The second-order valence-electron chi connectivity index (χ2n) is 7.11. The molecule has 0 aliphatic carbocycles. The first-order valence-corrected chi connectivity index (χ1v) is 11.0. The van der Waals surface area contributed by atoms with Crippen LogP contribution in [-0.2, 0) is 4.79 Å². The quantitative estimate of drug-likeness (QED) is 0.606. The molecular formula is C22H21NO5S2. The first-order chi connectivity index (χ1) is 14.4. The highest BCUT2D eigenvalue weighted by atomic mass is 32.2. The SMILES string of the molecule is COc1ccc([C@H]2Sc3[nH]c(=O)sc3[C@H](c3ccc(C)cc3)[C@@H]2C(=O)O)cc1OC. The van der Waals surface area contributed by atoms with Crippen LogP contribution >= 0.6 is 23.1 Å². The number of aryl methyl sites for hydroxylation is 1. The van der Waals surface area contributed by atoms with E-state index < -0.39 is 23.1 Å². The minimum absolute atomic E-state index is 0.179. The summed E-state index contributed by atoms with van der Waals surface area (Å²) in [5.74, 6) is -0.972. The number of aromatic amines is 1. The lowest BCUT2D eigenvalue weighted by molar-refractivity contribution is -0.142. The van der Waals surface area contributed by atoms with Crippen molar-refractivity contribution in [3.63, 3.8) is 0 Å². The molecule has 0 saturated carbocycles. The number of aromatic nitrogens is 1. The monoisotopic (exact) mass is 443 g/mol. The predicted octanol–water partition coefficient (Wildman–Crippen LogP) is 4.44. The van der Waals surface area contributed by atoms with Crippen LogP contribution in [0.25, 0.3) is 0 Å². The van der Waals surface area contributed by atoms with Crippen LogP contribution in [0.15, 0.2) is 52.3 Å². The van der Waals surface area contributed by atoms with Crippen LogP contribution in [0.4, 0.5) is 0 Å². The highest BCUT2D eigenvalue weighted by Crippen LogP contribution is 2.56. The van der Waals surface area contributed by atoms with Gasteiger partial charge in [0.2, 0.25) is 0 Å². The summed E-state index contributed by atoms with van der Waals surface area (Å²) in [7, 11) is 3.11. The van der Waals surface area contributed by atoms with Gasteiger partial charge in [-0.25, -0.2) is 0 Å². The number of aliphatic carboxylic acids is 1. The van der Waals surface area contributed by atoms with Gasteiger partial charge in [-0.1, -0.05) is 59.0 Å². The normalized spacial score (nSPS) is 20.4. The number of nitrogens with one attached hydrogen (secondary N) is 1. The molecule has 0 radical (unpaired) electrons. The molecule has 2 N–H and O–H groups in total. The maximum absolute atomic E-state index is 12.5. The van der Waals surface area contributed by atoms with E-state index in [0.29, 0.717) is 11.5 Å². The first kappa shape index (κ1) is 20.6. The summed E-state index contributed by atoms with van der Waals surface area (Å²) in [5, 5.41) is 10.6. The summed E-state index contributed by atoms with van der Waals surface area (Å²) in [6.45, 7) is 1.99. The number of carboxylic acids is 1. The fourth-order valence-electron chi connectivity index (χ4n) is 3.87. The number of carboxylic acid groups (broad SMARTS) is 1. The molecule has 1 aromatic heterocycles. The third kappa shape index (κ3) is 3.61. The van der Waals surface area contributed by atoms with Gasteiger partial charge in [-0.2, -0.15) is 0 Å². The number of ether oxygens (including phenoxy) is 2. The molecule has 3 atom stereocenters. The van der Waals surface area contributed by atoms with E-state index in [0.717, 1.165) is 37.9 Å². The predicted molar refractivity (Wildman–Crippen MR) is 117 cm³/mol. The molecule has 0 unspecified atom stereocenters. The lowest BCUT2D eigenvalue weighted by Gasteiger charge is -2.35. The van der Waals surface area contributed by atoms with Crippen LogP contribution in [0.3, 0.4) is 0 Å². The fourth-order valence-corrected chi connectivity index (χ4v) is 6.46. The fraction of sp³-hybridized carbons (Fsp3) is 0.273. The lowest BCUT2D eigenvalue weighted by Crippen LogP contribution is -2.30. The van der Waals surface area contributed by atoms with Gasteiger partial charge in [-0.15, -0.1) is 0 Å². The molecule has 30 heavy (non-hydrogen) atoms. The minimum Gasteiger partial charge on any atom is -0.493 e. The maximum Gasteiger partial charge on any atom is 0.308 e. The van der Waals surface area contributed by atoms with Crippen molar-refractivity contribution in [2.75, 3.05) is 14.2 Å². The molecule has 2 aromatic carbocycles. The van der Waals surface area contributed by atoms with Crippen LogP contribution in [0.5, 0.6) is 11.5 Å². The van der Waals surface area contributed by atoms with E-state index in [1.807, 2.05) is 43.3 Å². The third-order valence-corrected chi connectivity index (χ3v) is 7.78. The van der Waals surface area contributed by atoms with Crippen LogP contribution in [0.1, 0.15) is 32.7 Å². The summed E-state index contributed by atoms with van der Waals surface area (Å²) in [5.41, 5.74) is 2.78. The summed E-state index contributed by atoms with van der Waals surface area (Å²) in [6.07, 6.45) is 0. The Balaban J connectivity index is 1.89. The molecule has 6 nitrogen and oxygen atoms in total. The van der Waals surface area contributed by atoms with Crippen molar-refractivity contribution in [1.29, 1.82) is 0 Å². The van der Waals surface area contributed by atoms with Crippen molar-refractivity contribution >= 4 is 29.1 Å². The van der Waals surface area contributed by atoms with Gasteiger partial charge in [0.15, 0.2) is 11.5 Å². The van der Waals surface area contributed by atoms with Crippen molar-refractivity contribution in [3.8, 4) is 11.5 Å². The molecule has 1 aliphatic heterocycles. The number of thiazole rings is 1. The average molecular weight is 444 g/mol. The van der Waals surface area contributed by atoms with Gasteiger partial charge >= 0.3 is 10.8 Å². The highest BCUT2D eigenvalue weighted by Gasteiger charge is 2.45. The molecule has 1 aliphatic rings. The Morgan fingerprint density at radius 3 is 2.33 bits per heavy atom. The Morgan fingerprint density at radius 2 is 1.70 bits per heavy atom. The van der Waals surface area contributed by atoms with E-state index in [4.69, 9.17) is 9.47 Å². The maximum atomic E-state index is 12.5. The van der Waals surface area contributed by atoms with Gasteiger partial charge in [-0.3, -0.25) is 9.59 Å². The Kier molecular flexibility index (Phi) is 5.62. The van der Waals surface area contributed by atoms with Crippen molar-refractivity contribution in [3.05, 3.63) is 73.7 Å². The summed E-state index contributed by atoms with van der Waals surface area (Å²) in [6, 6.07) is 13.3. The van der Waals surface area contributed by atoms with Crippen LogP contribution < -0.4 is 14.3 Å². The molecule has 0 spiro atoms. The number of carbonyl (C=O) groups is 1. The summed E-state index contributed by atoms with van der Waals surface area (Å²) in [4.78, 5) is 28.2. The number of benzene rings is 2. The molecule has 2 heterocycles. The van der Waals surface area contributed by atoms with Crippen LogP contribution in [0, 0.1) is 12.8 Å². The van der Waals surface area contributed by atoms with Gasteiger partial charge in [0.1, 0.15) is 0 Å². The Labute approximate surface area is 181 Å². The number of fused-ring (bicyclic) bond motifs is 1. The van der Waals surface area contributed by atoms with E-state index >= 15 is 0 Å². The zero-order chi connectivity index (χ0) is 21.4. The average Bonchev–Trinajstić information content (AvgIpc) is 3.12. The Hall–Kier alpha value is -2.71. The van der Waals surface area contributed by atoms with Gasteiger partial charge in [0.25, 0.3) is 0 Å². The van der Waals surface area contributed by atoms with Gasteiger partial charge in [0, 0.05) is 10.8 Å². The van der Waals surface area contributed by atoms with E-state index in [-0.39, 0.29) is 4.87 Å². The molecule has 156 valence electrons. The smallest absolute Gasteiger partial charge is 0.308 e. The molecule has 4 rings (SSSR count). The third-order valence-electron chi connectivity index (χ3n) is 5.31. The summed E-state index contributed by atoms with van der Waals surface area (Å²) < 4.78 is 10.7. The van der Waals surface area contributed by atoms with E-state index in [2.05, 4.69) is 4.98 Å². The van der Waals surface area contributed by atoms with E-state index in [9.17, 15) is 14.7 Å². The molecule has 8 heteroatoms. The zero-order valence-electron chi connectivity index (χ0n) is 16.7. The van der Waals surface area contributed by atoms with Gasteiger partial charge in [-0.05, 0) is 30.2 Å². The molecule has 0 saturated heterocycles. The van der Waals surface area contributed by atoms with E-state index in [1.54, 1.807) is 20.3 Å². The van der Waals surface area contributed by atoms with Crippen molar-refractivity contribution < 1.29 is 19.4 Å². The van der Waals surface area contributed by atoms with Gasteiger partial charge in [0.05, 0.1) is 30.4 Å². The Morgan fingerprint density at radius 1 is 1.03 bits per heavy atom. The number of H-pyrrole nitrogens is 1. The van der Waals surface area contributed by atoms with E-state index in [1.165, 1.54) is 11.8 Å². The Bertz CT molecular complexity index is 1140. The van der Waals surface area contributed by atoms with Crippen molar-refractivity contribution in [2.45, 2.75) is 23.1 Å². The largest absolute Gasteiger partial charge is 0.493 e. The molecule has 0 amide bonds. The number of methoxy groups -OCH3 is 2. The van der Waals surface area contributed by atoms with Crippen LogP contribution in [-0.4, -0.2) is 30.3 Å². The lowest BCUT2D eigenvalue weighted by atomic mass is 9.80. The zero-order valence-corrected chi connectivity index (χ0v) is 18.3. The second-order valence-corrected chi connectivity index (χ2v) is 9.28. The molecule has 0 fully saturated rings. The first-order valence-electron chi connectivity index (χ1n) is 9.34. The number of hydrogen-bond acceptors (Lipinski definition) is 6.